The van der Waals surface area contributed by atoms with Gasteiger partial charge in [0.25, 0.3) is 5.91 Å². The van der Waals surface area contributed by atoms with Crippen LogP contribution in [0.4, 0.5) is 5.69 Å². The lowest BCUT2D eigenvalue weighted by atomic mass is 10.1. The molecule has 0 aromatic heterocycles. The standard InChI is InChI=1S/C20H26N2O5/c1-20(2)15(16(20)19(25)26)18(24)22-13-10-11(8-9-14(13)27-3)17(23)21-12-6-4-5-7-12/h8-10,12,15-16H,4-7H2,1-3H3,(H,21,23)(H,22,24)(H,25,26)/t15-,16+/m1/s1. The van der Waals surface area contributed by atoms with E-state index < -0.39 is 23.2 Å². The lowest BCUT2D eigenvalue weighted by molar-refractivity contribution is -0.140. The van der Waals surface area contributed by atoms with E-state index in [1.165, 1.54) is 7.11 Å². The van der Waals surface area contributed by atoms with Crippen molar-refractivity contribution in [3.63, 3.8) is 0 Å². The fourth-order valence-corrected chi connectivity index (χ4v) is 4.08. The number of rotatable bonds is 6. The first kappa shape index (κ1) is 19.2. The summed E-state index contributed by atoms with van der Waals surface area (Å²) in [5.41, 5.74) is 0.205. The molecule has 2 saturated carbocycles. The number of hydrogen-bond donors (Lipinski definition) is 3. The zero-order valence-electron chi connectivity index (χ0n) is 15.9. The Morgan fingerprint density at radius 1 is 1.15 bits per heavy atom. The summed E-state index contributed by atoms with van der Waals surface area (Å²) in [5, 5.41) is 15.0. The molecular formula is C20H26N2O5. The molecule has 2 amide bonds. The minimum absolute atomic E-state index is 0.185. The van der Waals surface area contributed by atoms with Crippen LogP contribution in [0.1, 0.15) is 49.9 Å². The van der Waals surface area contributed by atoms with E-state index in [2.05, 4.69) is 10.6 Å². The van der Waals surface area contributed by atoms with E-state index in [0.717, 1.165) is 25.7 Å². The second-order valence-corrected chi connectivity index (χ2v) is 7.97. The van der Waals surface area contributed by atoms with E-state index in [9.17, 15) is 19.5 Å². The summed E-state index contributed by atoms with van der Waals surface area (Å²) < 4.78 is 5.28. The van der Waals surface area contributed by atoms with Crippen molar-refractivity contribution >= 4 is 23.5 Å². The van der Waals surface area contributed by atoms with E-state index >= 15 is 0 Å². The van der Waals surface area contributed by atoms with Crippen molar-refractivity contribution in [3.8, 4) is 5.75 Å². The average molecular weight is 374 g/mol. The minimum Gasteiger partial charge on any atom is -0.495 e. The number of carbonyl (C=O) groups is 3. The number of anilines is 1. The summed E-state index contributed by atoms with van der Waals surface area (Å²) in [6, 6.07) is 5.05. The first-order chi connectivity index (χ1) is 12.8. The highest BCUT2D eigenvalue weighted by molar-refractivity contribution is 6.02. The number of carbonyl (C=O) groups excluding carboxylic acids is 2. The third kappa shape index (κ3) is 3.77. The molecule has 0 radical (unpaired) electrons. The quantitative estimate of drug-likeness (QED) is 0.710. The maximum Gasteiger partial charge on any atom is 0.307 e. The van der Waals surface area contributed by atoms with Gasteiger partial charge in [-0.25, -0.2) is 0 Å². The van der Waals surface area contributed by atoms with Crippen molar-refractivity contribution in [3.05, 3.63) is 23.8 Å². The Labute approximate surface area is 158 Å². The minimum atomic E-state index is -0.975. The second kappa shape index (κ2) is 7.21. The van der Waals surface area contributed by atoms with Gasteiger partial charge in [-0.1, -0.05) is 26.7 Å². The van der Waals surface area contributed by atoms with E-state index in [0.29, 0.717) is 17.0 Å². The molecule has 0 unspecified atom stereocenters. The zero-order valence-corrected chi connectivity index (χ0v) is 15.9. The van der Waals surface area contributed by atoms with E-state index in [4.69, 9.17) is 4.74 Å². The van der Waals surface area contributed by atoms with Crippen molar-refractivity contribution in [1.82, 2.24) is 5.32 Å². The maximum absolute atomic E-state index is 12.6. The normalized spacial score (nSPS) is 23.5. The number of carboxylic acids is 1. The molecular weight excluding hydrogens is 348 g/mol. The largest absolute Gasteiger partial charge is 0.495 e. The fourth-order valence-electron chi connectivity index (χ4n) is 4.08. The fraction of sp³-hybridized carbons (Fsp3) is 0.550. The second-order valence-electron chi connectivity index (χ2n) is 7.97. The highest BCUT2D eigenvalue weighted by Crippen LogP contribution is 2.58. The Morgan fingerprint density at radius 3 is 2.37 bits per heavy atom. The highest BCUT2D eigenvalue weighted by atomic mass is 16.5. The lowest BCUT2D eigenvalue weighted by Crippen LogP contribution is -2.32. The summed E-state index contributed by atoms with van der Waals surface area (Å²) in [6.07, 6.45) is 4.21. The first-order valence-corrected chi connectivity index (χ1v) is 9.28. The van der Waals surface area contributed by atoms with Crippen molar-refractivity contribution in [2.24, 2.45) is 17.3 Å². The summed E-state index contributed by atoms with van der Waals surface area (Å²) in [6.45, 7) is 3.53. The van der Waals surface area contributed by atoms with Gasteiger partial charge in [-0.2, -0.15) is 0 Å². The summed E-state index contributed by atoms with van der Waals surface area (Å²) in [7, 11) is 1.48. The monoisotopic (exact) mass is 374 g/mol. The number of hydrogen-bond acceptors (Lipinski definition) is 4. The van der Waals surface area contributed by atoms with Gasteiger partial charge in [-0.15, -0.1) is 0 Å². The van der Waals surface area contributed by atoms with Gasteiger partial charge in [0, 0.05) is 11.6 Å². The Kier molecular flexibility index (Phi) is 5.13. The molecule has 27 heavy (non-hydrogen) atoms. The van der Waals surface area contributed by atoms with Gasteiger partial charge in [0.05, 0.1) is 24.6 Å². The molecule has 2 fully saturated rings. The molecule has 1 aromatic rings. The van der Waals surface area contributed by atoms with Crippen molar-refractivity contribution < 1.29 is 24.2 Å². The van der Waals surface area contributed by atoms with Gasteiger partial charge < -0.3 is 20.5 Å². The molecule has 2 atom stereocenters. The van der Waals surface area contributed by atoms with Crippen LogP contribution in [0.2, 0.25) is 0 Å². The molecule has 2 aliphatic carbocycles. The molecule has 7 nitrogen and oxygen atoms in total. The molecule has 0 spiro atoms. The van der Waals surface area contributed by atoms with Gasteiger partial charge in [-0.3, -0.25) is 14.4 Å². The topological polar surface area (TPSA) is 105 Å². The number of carboxylic acid groups (broad SMARTS) is 1. The number of aliphatic carboxylic acids is 1. The van der Waals surface area contributed by atoms with Crippen molar-refractivity contribution in [1.29, 1.82) is 0 Å². The number of methoxy groups -OCH3 is 1. The van der Waals surface area contributed by atoms with Crippen LogP contribution in [0, 0.1) is 17.3 Å². The number of ether oxygens (including phenoxy) is 1. The van der Waals surface area contributed by atoms with Gasteiger partial charge >= 0.3 is 5.97 Å². The number of benzene rings is 1. The first-order valence-electron chi connectivity index (χ1n) is 9.28. The van der Waals surface area contributed by atoms with Crippen LogP contribution in [0.3, 0.4) is 0 Å². The van der Waals surface area contributed by atoms with Crippen LogP contribution < -0.4 is 15.4 Å². The Balaban J connectivity index is 1.75. The molecule has 0 heterocycles. The molecule has 1 aromatic carbocycles. The van der Waals surface area contributed by atoms with Gasteiger partial charge in [0.15, 0.2) is 0 Å². The van der Waals surface area contributed by atoms with Gasteiger partial charge in [0.1, 0.15) is 5.75 Å². The zero-order chi connectivity index (χ0) is 19.8. The Bertz CT molecular complexity index is 768. The van der Waals surface area contributed by atoms with Crippen LogP contribution in [0.15, 0.2) is 18.2 Å². The summed E-state index contributed by atoms with van der Waals surface area (Å²) in [5.74, 6) is -2.44. The molecule has 0 saturated heterocycles. The lowest BCUT2D eigenvalue weighted by Gasteiger charge is -2.15. The van der Waals surface area contributed by atoms with Gasteiger partial charge in [-0.05, 0) is 36.5 Å². The third-order valence-electron chi connectivity index (χ3n) is 5.79. The van der Waals surface area contributed by atoms with Crippen molar-refractivity contribution in [2.75, 3.05) is 12.4 Å². The predicted molar refractivity (Wildman–Crippen MR) is 99.7 cm³/mol. The van der Waals surface area contributed by atoms with Crippen molar-refractivity contribution in [2.45, 2.75) is 45.6 Å². The van der Waals surface area contributed by atoms with Crippen LogP contribution in [-0.4, -0.2) is 36.0 Å². The summed E-state index contributed by atoms with van der Waals surface area (Å²) >= 11 is 0. The number of nitrogens with one attached hydrogen (secondary N) is 2. The third-order valence-corrected chi connectivity index (χ3v) is 5.79. The summed E-state index contributed by atoms with van der Waals surface area (Å²) in [4.78, 5) is 36.4. The highest BCUT2D eigenvalue weighted by Gasteiger charge is 2.65. The SMILES string of the molecule is COc1ccc(C(=O)NC2CCCC2)cc1NC(=O)[C@H]1[C@@H](C(=O)O)C1(C)C. The van der Waals surface area contributed by atoms with E-state index in [1.807, 2.05) is 0 Å². The predicted octanol–water partition coefficient (Wildman–Crippen LogP) is 2.66. The smallest absolute Gasteiger partial charge is 0.307 e. The molecule has 146 valence electrons. The van der Waals surface area contributed by atoms with Crippen LogP contribution >= 0.6 is 0 Å². The van der Waals surface area contributed by atoms with Crippen LogP contribution in [0.25, 0.3) is 0 Å². The molecule has 3 rings (SSSR count). The molecule has 0 aliphatic heterocycles. The average Bonchev–Trinajstić information content (AvgIpc) is 2.93. The van der Waals surface area contributed by atoms with E-state index in [1.54, 1.807) is 32.0 Å². The Morgan fingerprint density at radius 2 is 1.81 bits per heavy atom. The molecule has 3 N–H and O–H groups in total. The Hall–Kier alpha value is -2.57. The van der Waals surface area contributed by atoms with E-state index in [-0.39, 0.29) is 17.9 Å². The van der Waals surface area contributed by atoms with Crippen LogP contribution in [0.5, 0.6) is 5.75 Å². The maximum atomic E-state index is 12.6. The number of amides is 2. The molecule has 2 aliphatic rings. The molecule has 0 bridgehead atoms. The van der Waals surface area contributed by atoms with Gasteiger partial charge in [0.2, 0.25) is 5.91 Å². The van der Waals surface area contributed by atoms with Crippen LogP contribution in [-0.2, 0) is 9.59 Å². The molecule has 7 heteroatoms.